The second kappa shape index (κ2) is 8.23. The van der Waals surface area contributed by atoms with Crippen molar-refractivity contribution in [3.63, 3.8) is 0 Å². The van der Waals surface area contributed by atoms with E-state index in [1.807, 2.05) is 0 Å². The molecule has 20 heavy (non-hydrogen) atoms. The summed E-state index contributed by atoms with van der Waals surface area (Å²) in [6, 6.07) is 8.64. The molecule has 0 N–H and O–H groups in total. The summed E-state index contributed by atoms with van der Waals surface area (Å²) in [5.41, 5.74) is 2.50. The fourth-order valence-electron chi connectivity index (χ4n) is 2.57. The van der Waals surface area contributed by atoms with Crippen LogP contribution in [0.4, 0.5) is 0 Å². The molecule has 1 aromatic carbocycles. The van der Waals surface area contributed by atoms with Crippen molar-refractivity contribution in [2.24, 2.45) is 5.92 Å². The minimum Gasteiger partial charge on any atom is -0.348 e. The van der Waals surface area contributed by atoms with Gasteiger partial charge in [0.25, 0.3) is 0 Å². The van der Waals surface area contributed by atoms with Crippen molar-refractivity contribution in [2.75, 3.05) is 13.2 Å². The summed E-state index contributed by atoms with van der Waals surface area (Å²) in [6.45, 7) is 5.91. The highest BCUT2D eigenvalue weighted by atomic mass is 16.7. The van der Waals surface area contributed by atoms with Gasteiger partial charge in [0.05, 0.1) is 13.2 Å². The number of aryl methyl sites for hydroxylation is 1. The molecule has 1 heterocycles. The van der Waals surface area contributed by atoms with E-state index in [4.69, 9.17) is 9.47 Å². The summed E-state index contributed by atoms with van der Waals surface area (Å²) in [6.07, 6.45) is 8.72. The monoisotopic (exact) mass is 274 g/mol. The van der Waals surface area contributed by atoms with Crippen molar-refractivity contribution in [1.29, 1.82) is 0 Å². The first kappa shape index (κ1) is 15.3. The van der Waals surface area contributed by atoms with Gasteiger partial charge in [-0.15, -0.1) is 0 Å². The van der Waals surface area contributed by atoms with Gasteiger partial charge in [0.1, 0.15) is 0 Å². The Morgan fingerprint density at radius 3 is 2.45 bits per heavy atom. The van der Waals surface area contributed by atoms with Crippen LogP contribution >= 0.6 is 0 Å². The van der Waals surface area contributed by atoms with E-state index in [9.17, 15) is 0 Å². The largest absolute Gasteiger partial charge is 0.348 e. The van der Waals surface area contributed by atoms with Crippen LogP contribution in [-0.2, 0) is 15.9 Å². The molecule has 1 fully saturated rings. The van der Waals surface area contributed by atoms with Crippen LogP contribution < -0.4 is 0 Å². The SMILES string of the molecule is CC=CCCc1ccc(C2OCC(CCC)CO2)cc1. The van der Waals surface area contributed by atoms with Gasteiger partial charge in [-0.05, 0) is 31.7 Å². The molecule has 2 rings (SSSR count). The molecule has 2 heteroatoms. The molecule has 1 aliphatic rings. The molecule has 1 saturated heterocycles. The number of allylic oxidation sites excluding steroid dienone is 2. The van der Waals surface area contributed by atoms with Crippen LogP contribution in [0.3, 0.4) is 0 Å². The van der Waals surface area contributed by atoms with Gasteiger partial charge in [-0.3, -0.25) is 0 Å². The first-order valence-corrected chi connectivity index (χ1v) is 7.76. The Hall–Kier alpha value is -1.12. The second-order valence-corrected chi connectivity index (χ2v) is 5.50. The molecule has 0 atom stereocenters. The Morgan fingerprint density at radius 1 is 1.15 bits per heavy atom. The quantitative estimate of drug-likeness (QED) is 0.703. The van der Waals surface area contributed by atoms with Gasteiger partial charge in [-0.1, -0.05) is 49.8 Å². The summed E-state index contributed by atoms with van der Waals surface area (Å²) < 4.78 is 11.7. The van der Waals surface area contributed by atoms with Crippen molar-refractivity contribution in [3.8, 4) is 0 Å². The lowest BCUT2D eigenvalue weighted by Gasteiger charge is -2.29. The zero-order valence-electron chi connectivity index (χ0n) is 12.7. The van der Waals surface area contributed by atoms with E-state index in [1.54, 1.807) is 0 Å². The standard InChI is InChI=1S/C18H26O2/c1-3-5-6-8-15-9-11-17(12-10-15)18-19-13-16(7-4-2)14-20-18/h3,5,9-12,16,18H,4,6-8,13-14H2,1-2H3. The molecular formula is C18H26O2. The lowest BCUT2D eigenvalue weighted by atomic mass is 10.0. The maximum atomic E-state index is 5.83. The van der Waals surface area contributed by atoms with Gasteiger partial charge in [-0.25, -0.2) is 0 Å². The third kappa shape index (κ3) is 4.46. The van der Waals surface area contributed by atoms with Gasteiger partial charge in [0, 0.05) is 11.5 Å². The maximum absolute atomic E-state index is 5.83. The average molecular weight is 274 g/mol. The Labute approximate surface area is 122 Å². The predicted octanol–water partition coefficient (Wildman–Crippen LogP) is 4.66. The number of ether oxygens (including phenoxy) is 2. The molecule has 1 aromatic rings. The van der Waals surface area contributed by atoms with E-state index in [1.165, 1.54) is 18.4 Å². The van der Waals surface area contributed by atoms with E-state index >= 15 is 0 Å². The van der Waals surface area contributed by atoms with Crippen molar-refractivity contribution < 1.29 is 9.47 Å². The van der Waals surface area contributed by atoms with Gasteiger partial charge in [0.2, 0.25) is 0 Å². The van der Waals surface area contributed by atoms with Crippen LogP contribution in [-0.4, -0.2) is 13.2 Å². The van der Waals surface area contributed by atoms with E-state index in [0.717, 1.165) is 31.6 Å². The molecule has 0 aromatic heterocycles. The van der Waals surface area contributed by atoms with E-state index < -0.39 is 0 Å². The van der Waals surface area contributed by atoms with Crippen LogP contribution in [0.2, 0.25) is 0 Å². The number of benzene rings is 1. The van der Waals surface area contributed by atoms with Crippen LogP contribution in [0.25, 0.3) is 0 Å². The molecule has 0 bridgehead atoms. The van der Waals surface area contributed by atoms with Gasteiger partial charge in [0.15, 0.2) is 6.29 Å². The Bertz CT molecular complexity index is 400. The number of hydrogen-bond donors (Lipinski definition) is 0. The summed E-state index contributed by atoms with van der Waals surface area (Å²) in [4.78, 5) is 0. The lowest BCUT2D eigenvalue weighted by Crippen LogP contribution is -2.26. The van der Waals surface area contributed by atoms with Crippen LogP contribution in [0.15, 0.2) is 36.4 Å². The Morgan fingerprint density at radius 2 is 1.85 bits per heavy atom. The third-order valence-electron chi connectivity index (χ3n) is 3.75. The summed E-state index contributed by atoms with van der Waals surface area (Å²) >= 11 is 0. The summed E-state index contributed by atoms with van der Waals surface area (Å²) in [5, 5.41) is 0. The Balaban J connectivity index is 1.84. The van der Waals surface area contributed by atoms with E-state index in [2.05, 4.69) is 50.3 Å². The third-order valence-corrected chi connectivity index (χ3v) is 3.75. The van der Waals surface area contributed by atoms with Crippen molar-refractivity contribution >= 4 is 0 Å². The van der Waals surface area contributed by atoms with Gasteiger partial charge < -0.3 is 9.47 Å². The first-order chi connectivity index (χ1) is 9.83. The molecule has 1 aliphatic heterocycles. The highest BCUT2D eigenvalue weighted by molar-refractivity contribution is 5.24. The molecule has 0 spiro atoms. The molecule has 110 valence electrons. The number of hydrogen-bond acceptors (Lipinski definition) is 2. The zero-order valence-corrected chi connectivity index (χ0v) is 12.7. The fraction of sp³-hybridized carbons (Fsp3) is 0.556. The fourth-order valence-corrected chi connectivity index (χ4v) is 2.57. The lowest BCUT2D eigenvalue weighted by molar-refractivity contribution is -0.206. The molecule has 0 amide bonds. The smallest absolute Gasteiger partial charge is 0.183 e. The molecule has 0 saturated carbocycles. The van der Waals surface area contributed by atoms with Gasteiger partial charge >= 0.3 is 0 Å². The molecular weight excluding hydrogens is 248 g/mol. The number of rotatable bonds is 6. The van der Waals surface area contributed by atoms with E-state index in [-0.39, 0.29) is 6.29 Å². The molecule has 0 aliphatic carbocycles. The van der Waals surface area contributed by atoms with Crippen LogP contribution in [0.1, 0.15) is 50.5 Å². The Kier molecular flexibility index (Phi) is 6.28. The average Bonchev–Trinajstić information content (AvgIpc) is 2.49. The second-order valence-electron chi connectivity index (χ2n) is 5.50. The summed E-state index contributed by atoms with van der Waals surface area (Å²) in [5.74, 6) is 0.566. The maximum Gasteiger partial charge on any atom is 0.183 e. The van der Waals surface area contributed by atoms with Crippen molar-refractivity contribution in [1.82, 2.24) is 0 Å². The highest BCUT2D eigenvalue weighted by Crippen LogP contribution is 2.27. The highest BCUT2D eigenvalue weighted by Gasteiger charge is 2.22. The minimum absolute atomic E-state index is 0.173. The van der Waals surface area contributed by atoms with Crippen LogP contribution in [0.5, 0.6) is 0 Å². The van der Waals surface area contributed by atoms with Crippen molar-refractivity contribution in [3.05, 3.63) is 47.5 Å². The van der Waals surface area contributed by atoms with Crippen LogP contribution in [0, 0.1) is 5.92 Å². The topological polar surface area (TPSA) is 18.5 Å². The predicted molar refractivity (Wildman–Crippen MR) is 82.6 cm³/mol. The van der Waals surface area contributed by atoms with Gasteiger partial charge in [-0.2, -0.15) is 0 Å². The normalized spacial score (nSPS) is 23.3. The van der Waals surface area contributed by atoms with Crippen molar-refractivity contribution in [2.45, 2.75) is 45.8 Å². The zero-order chi connectivity index (χ0) is 14.2. The molecule has 0 radical (unpaired) electrons. The summed E-state index contributed by atoms with van der Waals surface area (Å²) in [7, 11) is 0. The first-order valence-electron chi connectivity index (χ1n) is 7.76. The molecule has 2 nitrogen and oxygen atoms in total. The molecule has 0 unspecified atom stereocenters. The van der Waals surface area contributed by atoms with E-state index in [0.29, 0.717) is 5.92 Å². The minimum atomic E-state index is -0.173.